The lowest BCUT2D eigenvalue weighted by molar-refractivity contribution is 0.0765. The van der Waals surface area contributed by atoms with Gasteiger partial charge in [-0.2, -0.15) is 0 Å². The number of nitrogens with zero attached hydrogens (tertiary/aromatic N) is 2. The number of nitrogens with one attached hydrogen (secondary N) is 2. The lowest BCUT2D eigenvalue weighted by Gasteiger charge is -2.32. The number of methoxy groups -OCH3 is 2. The molecule has 32 heavy (non-hydrogen) atoms. The van der Waals surface area contributed by atoms with Crippen LogP contribution in [0.5, 0.6) is 11.5 Å². The first kappa shape index (κ1) is 22.6. The van der Waals surface area contributed by atoms with E-state index in [0.717, 1.165) is 31.2 Å². The van der Waals surface area contributed by atoms with Gasteiger partial charge in [0.25, 0.3) is 5.91 Å². The van der Waals surface area contributed by atoms with E-state index in [9.17, 15) is 4.79 Å². The zero-order chi connectivity index (χ0) is 22.8. The maximum Gasteiger partial charge on any atom is 0.258 e. The molecule has 172 valence electrons. The molecule has 0 saturated heterocycles. The number of carbonyl (C=O) groups is 1. The number of rotatable bonds is 7. The van der Waals surface area contributed by atoms with E-state index in [1.807, 2.05) is 13.1 Å². The minimum atomic E-state index is -0.512. The third-order valence-electron chi connectivity index (χ3n) is 6.36. The molecule has 0 spiro atoms. The maximum atomic E-state index is 15.4. The van der Waals surface area contributed by atoms with Crippen LogP contribution in [-0.2, 0) is 13.1 Å². The van der Waals surface area contributed by atoms with Crippen LogP contribution in [0.15, 0.2) is 18.2 Å². The highest BCUT2D eigenvalue weighted by Gasteiger charge is 2.36. The zero-order valence-electron chi connectivity index (χ0n) is 18.5. The van der Waals surface area contributed by atoms with E-state index >= 15 is 4.39 Å². The van der Waals surface area contributed by atoms with Crippen LogP contribution >= 0.6 is 11.6 Å². The number of ether oxygens (including phenoxy) is 2. The maximum absolute atomic E-state index is 15.4. The van der Waals surface area contributed by atoms with Gasteiger partial charge in [0.2, 0.25) is 0 Å². The molecule has 2 aliphatic rings. The van der Waals surface area contributed by atoms with Gasteiger partial charge in [0.15, 0.2) is 11.6 Å². The molecule has 1 saturated carbocycles. The summed E-state index contributed by atoms with van der Waals surface area (Å²) < 4.78 is 26.1. The van der Waals surface area contributed by atoms with Gasteiger partial charge in [0.05, 0.1) is 26.3 Å². The van der Waals surface area contributed by atoms with E-state index < -0.39 is 5.82 Å². The number of carbonyl (C=O) groups excluding carboxylic acids is 1. The minimum absolute atomic E-state index is 0.0231. The van der Waals surface area contributed by atoms with Gasteiger partial charge in [-0.3, -0.25) is 4.79 Å². The predicted octanol–water partition coefficient (Wildman–Crippen LogP) is 3.99. The summed E-state index contributed by atoms with van der Waals surface area (Å²) in [4.78, 5) is 18.8. The second-order valence-corrected chi connectivity index (χ2v) is 8.55. The Morgan fingerprint density at radius 2 is 1.97 bits per heavy atom. The van der Waals surface area contributed by atoms with Gasteiger partial charge < -0.3 is 25.0 Å². The van der Waals surface area contributed by atoms with E-state index in [1.54, 1.807) is 31.3 Å². The van der Waals surface area contributed by atoms with E-state index in [-0.39, 0.29) is 53.2 Å². The van der Waals surface area contributed by atoms with Crippen molar-refractivity contribution < 1.29 is 18.7 Å². The van der Waals surface area contributed by atoms with Gasteiger partial charge in [0.1, 0.15) is 16.7 Å². The Morgan fingerprint density at radius 1 is 1.22 bits per heavy atom. The van der Waals surface area contributed by atoms with Gasteiger partial charge in [-0.1, -0.05) is 24.4 Å². The highest BCUT2D eigenvalue weighted by molar-refractivity contribution is 6.33. The van der Waals surface area contributed by atoms with Crippen LogP contribution in [0.25, 0.3) is 0 Å². The van der Waals surface area contributed by atoms with E-state index in [2.05, 4.69) is 15.6 Å². The minimum Gasteiger partial charge on any atom is -0.497 e. The summed E-state index contributed by atoms with van der Waals surface area (Å²) in [5.74, 6) is 0.500. The average molecular weight is 463 g/mol. The Morgan fingerprint density at radius 3 is 2.66 bits per heavy atom. The first-order valence-electron chi connectivity index (χ1n) is 10.8. The van der Waals surface area contributed by atoms with Gasteiger partial charge in [-0.05, 0) is 32.0 Å². The first-order valence-corrected chi connectivity index (χ1v) is 11.2. The SMILES string of the molecule is CN[C@H]1CCCCC1Nc1nc(Cl)c2c(c1F)CN(Cc1ccc(OC)cc1OC)C2=O. The fraction of sp³-hybridized carbons (Fsp3) is 0.478. The Kier molecular flexibility index (Phi) is 6.71. The zero-order valence-corrected chi connectivity index (χ0v) is 19.3. The Balaban J connectivity index is 1.58. The van der Waals surface area contributed by atoms with Crippen molar-refractivity contribution in [3.63, 3.8) is 0 Å². The van der Waals surface area contributed by atoms with Crippen LogP contribution in [0, 0.1) is 5.82 Å². The third kappa shape index (κ3) is 4.21. The van der Waals surface area contributed by atoms with Crippen molar-refractivity contribution in [3.8, 4) is 11.5 Å². The van der Waals surface area contributed by atoms with Crippen LogP contribution in [0.1, 0.15) is 47.2 Å². The summed E-state index contributed by atoms with van der Waals surface area (Å²) in [6.45, 7) is 0.371. The fourth-order valence-corrected chi connectivity index (χ4v) is 4.88. The second kappa shape index (κ2) is 9.50. The standard InChI is InChI=1S/C23H28ClFN4O3/c1-26-16-6-4-5-7-17(16)27-22-20(25)15-12-29(23(30)19(15)21(24)28-22)11-13-8-9-14(31-2)10-18(13)32-3/h8-10,16-17,26H,4-7,11-12H2,1-3H3,(H,27,28)/t16-,17?/m0/s1. The third-order valence-corrected chi connectivity index (χ3v) is 6.63. The normalized spacial score (nSPS) is 20.3. The van der Waals surface area contributed by atoms with Crippen molar-refractivity contribution >= 4 is 23.3 Å². The molecule has 1 aromatic carbocycles. The molecular formula is C23H28ClFN4O3. The number of benzene rings is 1. The summed E-state index contributed by atoms with van der Waals surface area (Å²) in [6.07, 6.45) is 4.16. The van der Waals surface area contributed by atoms with E-state index in [0.29, 0.717) is 11.5 Å². The molecule has 7 nitrogen and oxygen atoms in total. The smallest absolute Gasteiger partial charge is 0.258 e. The van der Waals surface area contributed by atoms with E-state index in [4.69, 9.17) is 21.1 Å². The number of amides is 1. The van der Waals surface area contributed by atoms with Gasteiger partial charge in [-0.25, -0.2) is 9.37 Å². The number of halogens is 2. The molecule has 1 fully saturated rings. The average Bonchev–Trinajstić information content (AvgIpc) is 3.14. The molecule has 2 atom stereocenters. The molecule has 2 aromatic rings. The molecule has 1 aliphatic heterocycles. The molecule has 9 heteroatoms. The van der Waals surface area contributed by atoms with Crippen molar-refractivity contribution in [1.29, 1.82) is 0 Å². The number of anilines is 1. The molecule has 1 amide bonds. The van der Waals surface area contributed by atoms with E-state index in [1.165, 1.54) is 0 Å². The predicted molar refractivity (Wildman–Crippen MR) is 121 cm³/mol. The van der Waals surface area contributed by atoms with Gasteiger partial charge >= 0.3 is 0 Å². The van der Waals surface area contributed by atoms with Crippen molar-refractivity contribution in [1.82, 2.24) is 15.2 Å². The quantitative estimate of drug-likeness (QED) is 0.606. The number of aromatic nitrogens is 1. The van der Waals surface area contributed by atoms with Crippen LogP contribution < -0.4 is 20.1 Å². The number of fused-ring (bicyclic) bond motifs is 1. The van der Waals surface area contributed by atoms with Crippen LogP contribution in [0.2, 0.25) is 5.15 Å². The molecule has 1 unspecified atom stereocenters. The summed E-state index contributed by atoms with van der Waals surface area (Å²) in [5, 5.41) is 6.55. The van der Waals surface area contributed by atoms with Crippen LogP contribution in [-0.4, -0.2) is 49.1 Å². The topological polar surface area (TPSA) is 75.7 Å². The Bertz CT molecular complexity index is 1020. The molecule has 1 aliphatic carbocycles. The first-order chi connectivity index (χ1) is 15.5. The molecule has 1 aromatic heterocycles. The summed E-state index contributed by atoms with van der Waals surface area (Å²) in [7, 11) is 5.04. The monoisotopic (exact) mass is 462 g/mol. The van der Waals surface area contributed by atoms with Crippen LogP contribution in [0.4, 0.5) is 10.2 Å². The molecule has 0 radical (unpaired) electrons. The second-order valence-electron chi connectivity index (χ2n) is 8.19. The molecule has 2 N–H and O–H groups in total. The summed E-state index contributed by atoms with van der Waals surface area (Å²) >= 11 is 6.37. The Labute approximate surface area is 192 Å². The van der Waals surface area contributed by atoms with Crippen molar-refractivity contribution in [2.45, 2.75) is 50.9 Å². The number of hydrogen-bond donors (Lipinski definition) is 2. The van der Waals surface area contributed by atoms with Gasteiger partial charge in [0, 0.05) is 35.8 Å². The fourth-order valence-electron chi connectivity index (χ4n) is 4.60. The Hall–Kier alpha value is -2.58. The van der Waals surface area contributed by atoms with Crippen molar-refractivity contribution in [2.75, 3.05) is 26.6 Å². The van der Waals surface area contributed by atoms with Crippen molar-refractivity contribution in [3.05, 3.63) is 45.9 Å². The summed E-state index contributed by atoms with van der Waals surface area (Å²) in [5.41, 5.74) is 1.20. The lowest BCUT2D eigenvalue weighted by atomic mass is 9.90. The summed E-state index contributed by atoms with van der Waals surface area (Å²) in [6, 6.07) is 5.67. The van der Waals surface area contributed by atoms with Gasteiger partial charge in [-0.15, -0.1) is 0 Å². The largest absolute Gasteiger partial charge is 0.497 e. The van der Waals surface area contributed by atoms with Crippen molar-refractivity contribution in [2.24, 2.45) is 0 Å². The lowest BCUT2D eigenvalue weighted by Crippen LogP contribution is -2.45. The highest BCUT2D eigenvalue weighted by atomic mass is 35.5. The molecule has 0 bridgehead atoms. The number of likely N-dealkylation sites (N-methyl/N-ethyl adjacent to an activating group) is 1. The molecular weight excluding hydrogens is 435 g/mol. The number of hydrogen-bond acceptors (Lipinski definition) is 6. The number of pyridine rings is 1. The molecule has 2 heterocycles. The highest BCUT2D eigenvalue weighted by Crippen LogP contribution is 2.36. The molecule has 4 rings (SSSR count). The van der Waals surface area contributed by atoms with Crippen LogP contribution in [0.3, 0.4) is 0 Å².